The first-order valence-corrected chi connectivity index (χ1v) is 8.74. The molecule has 3 N–H and O–H groups in total. The van der Waals surface area contributed by atoms with Crippen molar-refractivity contribution in [3.05, 3.63) is 30.3 Å². The molecule has 120 valence electrons. The van der Waals surface area contributed by atoms with Crippen molar-refractivity contribution in [3.63, 3.8) is 0 Å². The first-order valence-electron chi connectivity index (χ1n) is 7.25. The second-order valence-corrected chi connectivity index (χ2v) is 7.43. The Hall–Kier alpha value is -0.950. The highest BCUT2D eigenvalue weighted by Crippen LogP contribution is 2.12. The molecule has 0 aliphatic heterocycles. The van der Waals surface area contributed by atoms with Crippen LogP contribution in [-0.2, 0) is 10.0 Å². The van der Waals surface area contributed by atoms with E-state index in [4.69, 9.17) is 5.11 Å². The fraction of sp³-hybridized carbons (Fsp3) is 0.600. The number of aliphatic hydroxyl groups is 1. The maximum atomic E-state index is 12.2. The van der Waals surface area contributed by atoms with Crippen LogP contribution in [0.1, 0.15) is 20.8 Å². The molecule has 0 aliphatic rings. The van der Waals surface area contributed by atoms with Crippen LogP contribution in [0.15, 0.2) is 35.2 Å². The van der Waals surface area contributed by atoms with Crippen LogP contribution in [-0.4, -0.2) is 39.3 Å². The van der Waals surface area contributed by atoms with Gasteiger partial charge in [-0.05, 0) is 37.4 Å². The number of sulfonamides is 1. The van der Waals surface area contributed by atoms with Crippen molar-refractivity contribution in [2.75, 3.05) is 19.7 Å². The molecule has 0 fully saturated rings. The average molecular weight is 314 g/mol. The summed E-state index contributed by atoms with van der Waals surface area (Å²) in [5.41, 5.74) is 0. The lowest BCUT2D eigenvalue weighted by Gasteiger charge is -2.23. The maximum absolute atomic E-state index is 12.2. The van der Waals surface area contributed by atoms with E-state index >= 15 is 0 Å². The van der Waals surface area contributed by atoms with Gasteiger partial charge in [-0.2, -0.15) is 0 Å². The minimum Gasteiger partial charge on any atom is -0.395 e. The zero-order chi connectivity index (χ0) is 15.9. The van der Waals surface area contributed by atoms with Gasteiger partial charge in [-0.1, -0.05) is 32.0 Å². The molecule has 6 heteroatoms. The molecule has 0 saturated heterocycles. The summed E-state index contributed by atoms with van der Waals surface area (Å²) < 4.78 is 27.0. The number of benzene rings is 1. The fourth-order valence-corrected chi connectivity index (χ4v) is 2.98. The Morgan fingerprint density at radius 3 is 2.24 bits per heavy atom. The normalized spacial score (nSPS) is 15.1. The molecule has 1 aromatic carbocycles. The van der Waals surface area contributed by atoms with Gasteiger partial charge in [-0.15, -0.1) is 0 Å². The molecule has 0 amide bonds. The molecule has 21 heavy (non-hydrogen) atoms. The number of hydrogen-bond acceptors (Lipinski definition) is 4. The van der Waals surface area contributed by atoms with E-state index < -0.39 is 10.0 Å². The second kappa shape index (κ2) is 8.48. The lowest BCUT2D eigenvalue weighted by Crippen LogP contribution is -2.40. The Labute approximate surface area is 127 Å². The predicted molar refractivity (Wildman–Crippen MR) is 84.5 cm³/mol. The van der Waals surface area contributed by atoms with Crippen LogP contribution in [0.3, 0.4) is 0 Å². The van der Waals surface area contributed by atoms with Gasteiger partial charge in [0.25, 0.3) is 0 Å². The van der Waals surface area contributed by atoms with Crippen LogP contribution in [0.4, 0.5) is 0 Å². The average Bonchev–Trinajstić information content (AvgIpc) is 2.47. The highest BCUT2D eigenvalue weighted by atomic mass is 32.2. The van der Waals surface area contributed by atoms with Gasteiger partial charge in [0, 0.05) is 12.6 Å². The van der Waals surface area contributed by atoms with E-state index in [1.807, 2.05) is 6.92 Å². The van der Waals surface area contributed by atoms with Gasteiger partial charge in [0.05, 0.1) is 11.5 Å². The van der Waals surface area contributed by atoms with Crippen molar-refractivity contribution in [2.24, 2.45) is 11.8 Å². The van der Waals surface area contributed by atoms with E-state index in [9.17, 15) is 8.42 Å². The SMILES string of the molecule is CC(C)[C@@H](CN[C@@H](C)CO)CNS(=O)(=O)c1ccccc1. The molecule has 0 saturated carbocycles. The summed E-state index contributed by atoms with van der Waals surface area (Å²) in [7, 11) is -3.46. The minimum atomic E-state index is -3.46. The Morgan fingerprint density at radius 2 is 1.71 bits per heavy atom. The summed E-state index contributed by atoms with van der Waals surface area (Å²) in [6.45, 7) is 7.13. The van der Waals surface area contributed by atoms with Gasteiger partial charge in [-0.25, -0.2) is 13.1 Å². The molecule has 2 atom stereocenters. The Morgan fingerprint density at radius 1 is 1.10 bits per heavy atom. The number of aliphatic hydroxyl groups excluding tert-OH is 1. The second-order valence-electron chi connectivity index (χ2n) is 5.66. The molecule has 5 nitrogen and oxygen atoms in total. The molecule has 0 bridgehead atoms. The highest BCUT2D eigenvalue weighted by molar-refractivity contribution is 7.89. The van der Waals surface area contributed by atoms with Crippen LogP contribution in [0.25, 0.3) is 0 Å². The van der Waals surface area contributed by atoms with Crippen LogP contribution in [0, 0.1) is 11.8 Å². The summed E-state index contributed by atoms with van der Waals surface area (Å²) in [4.78, 5) is 0.282. The monoisotopic (exact) mass is 314 g/mol. The third-order valence-corrected chi connectivity index (χ3v) is 4.97. The molecule has 1 rings (SSSR count). The molecule has 0 radical (unpaired) electrons. The summed E-state index contributed by atoms with van der Waals surface area (Å²) in [5, 5.41) is 12.2. The van der Waals surface area contributed by atoms with Crippen molar-refractivity contribution >= 4 is 10.0 Å². The molecular weight excluding hydrogens is 288 g/mol. The van der Waals surface area contributed by atoms with E-state index in [1.165, 1.54) is 0 Å². The fourth-order valence-electron chi connectivity index (χ4n) is 1.86. The third kappa shape index (κ3) is 6.13. The van der Waals surface area contributed by atoms with Gasteiger partial charge in [0.15, 0.2) is 0 Å². The Balaban J connectivity index is 2.61. The van der Waals surface area contributed by atoms with Crippen molar-refractivity contribution in [3.8, 4) is 0 Å². The van der Waals surface area contributed by atoms with Crippen molar-refractivity contribution in [2.45, 2.75) is 31.7 Å². The van der Waals surface area contributed by atoms with E-state index in [-0.39, 0.29) is 23.5 Å². The first kappa shape index (κ1) is 18.1. The topological polar surface area (TPSA) is 78.4 Å². The van der Waals surface area contributed by atoms with E-state index in [0.717, 1.165) is 0 Å². The van der Waals surface area contributed by atoms with Gasteiger partial charge in [0.1, 0.15) is 0 Å². The highest BCUT2D eigenvalue weighted by Gasteiger charge is 2.19. The predicted octanol–water partition coefficient (Wildman–Crippen LogP) is 1.21. The zero-order valence-corrected chi connectivity index (χ0v) is 13.7. The van der Waals surface area contributed by atoms with Crippen molar-refractivity contribution < 1.29 is 13.5 Å². The Bertz CT molecular complexity index is 503. The number of nitrogens with one attached hydrogen (secondary N) is 2. The van der Waals surface area contributed by atoms with E-state index in [1.54, 1.807) is 30.3 Å². The van der Waals surface area contributed by atoms with E-state index in [2.05, 4.69) is 23.9 Å². The molecule has 0 spiro atoms. The summed E-state index contributed by atoms with van der Waals surface area (Å²) in [5.74, 6) is 0.499. The first-order chi connectivity index (χ1) is 9.86. The van der Waals surface area contributed by atoms with Crippen LogP contribution in [0.2, 0.25) is 0 Å². The smallest absolute Gasteiger partial charge is 0.240 e. The van der Waals surface area contributed by atoms with Crippen molar-refractivity contribution in [1.82, 2.24) is 10.0 Å². The van der Waals surface area contributed by atoms with Crippen LogP contribution >= 0.6 is 0 Å². The molecule has 0 heterocycles. The van der Waals surface area contributed by atoms with E-state index in [0.29, 0.717) is 19.0 Å². The van der Waals surface area contributed by atoms with Gasteiger partial charge in [0.2, 0.25) is 10.0 Å². The lowest BCUT2D eigenvalue weighted by atomic mass is 9.96. The summed E-state index contributed by atoms with van der Waals surface area (Å²) in [6, 6.07) is 8.38. The maximum Gasteiger partial charge on any atom is 0.240 e. The molecule has 1 aromatic rings. The lowest BCUT2D eigenvalue weighted by molar-refractivity contribution is 0.239. The third-order valence-electron chi connectivity index (χ3n) is 3.53. The van der Waals surface area contributed by atoms with Gasteiger partial charge < -0.3 is 10.4 Å². The van der Waals surface area contributed by atoms with Gasteiger partial charge >= 0.3 is 0 Å². The molecule has 0 aliphatic carbocycles. The molecular formula is C15H26N2O3S. The number of rotatable bonds is 9. The quantitative estimate of drug-likeness (QED) is 0.640. The van der Waals surface area contributed by atoms with Crippen LogP contribution < -0.4 is 10.0 Å². The summed E-state index contributed by atoms with van der Waals surface area (Å²) in [6.07, 6.45) is 0. The zero-order valence-electron chi connectivity index (χ0n) is 12.9. The Kier molecular flexibility index (Phi) is 7.31. The molecule has 0 unspecified atom stereocenters. The molecule has 0 aromatic heterocycles. The van der Waals surface area contributed by atoms with Gasteiger partial charge in [-0.3, -0.25) is 0 Å². The largest absolute Gasteiger partial charge is 0.395 e. The van der Waals surface area contributed by atoms with Crippen molar-refractivity contribution in [1.29, 1.82) is 0 Å². The standard InChI is InChI=1S/C15H26N2O3S/c1-12(2)14(9-16-13(3)11-18)10-17-21(19,20)15-7-5-4-6-8-15/h4-8,12-14,16-18H,9-11H2,1-3H3/t13-,14-/m0/s1. The summed E-state index contributed by atoms with van der Waals surface area (Å²) >= 11 is 0. The minimum absolute atomic E-state index is 0.0111. The van der Waals surface area contributed by atoms with Crippen LogP contribution in [0.5, 0.6) is 0 Å². The number of hydrogen-bond donors (Lipinski definition) is 3.